The normalized spacial score (nSPS) is 17.2. The van der Waals surface area contributed by atoms with Crippen LogP contribution in [0, 0.1) is 0 Å². The standard InChI is InChI=1S/C44H60N2O6/c1-9-10-27-44(2)51-42(32-45(3,28-34-11-19-38(47-5)20-12-34)29-35-13-21-39(48-6)22-14-35)43(52-44)33-46(4,30-36-15-23-40(49-7)24-16-36)31-37-17-25-41(50-8)26-18-37/h11-26,42-43H,9-10,27-33H2,1-8H3/q+2/t42-,43-/m0/s1. The van der Waals surface area contributed by atoms with E-state index in [0.29, 0.717) is 0 Å². The zero-order valence-electron chi connectivity index (χ0n) is 32.6. The highest BCUT2D eigenvalue weighted by Gasteiger charge is 2.50. The Kier molecular flexibility index (Phi) is 13.3. The fraction of sp³-hybridized carbons (Fsp3) is 0.455. The maximum Gasteiger partial charge on any atom is 0.167 e. The molecule has 0 aromatic heterocycles. The summed E-state index contributed by atoms with van der Waals surface area (Å²) in [6.07, 6.45) is 2.75. The van der Waals surface area contributed by atoms with E-state index in [-0.39, 0.29) is 12.2 Å². The van der Waals surface area contributed by atoms with Crippen molar-refractivity contribution in [3.8, 4) is 23.0 Å². The summed E-state index contributed by atoms with van der Waals surface area (Å²) in [7, 11) is 11.5. The number of nitrogens with zero attached hydrogens (tertiary/aromatic N) is 2. The van der Waals surface area contributed by atoms with Gasteiger partial charge in [-0.05, 0) is 110 Å². The Balaban J connectivity index is 1.48. The minimum atomic E-state index is -0.651. The van der Waals surface area contributed by atoms with Crippen LogP contribution in [-0.4, -0.2) is 82.6 Å². The number of hydrogen-bond donors (Lipinski definition) is 0. The van der Waals surface area contributed by atoms with E-state index in [2.05, 4.69) is 76.5 Å². The van der Waals surface area contributed by atoms with E-state index >= 15 is 0 Å². The maximum atomic E-state index is 7.09. The van der Waals surface area contributed by atoms with Crippen molar-refractivity contribution in [3.05, 3.63) is 119 Å². The first-order chi connectivity index (χ1) is 25.0. The van der Waals surface area contributed by atoms with Crippen LogP contribution in [-0.2, 0) is 35.7 Å². The van der Waals surface area contributed by atoms with Crippen LogP contribution in [0.25, 0.3) is 0 Å². The molecule has 0 radical (unpaired) electrons. The molecule has 5 rings (SSSR count). The molecule has 0 amide bonds. The lowest BCUT2D eigenvalue weighted by Gasteiger charge is -2.40. The zero-order chi connectivity index (χ0) is 37.2. The molecule has 0 unspecified atom stereocenters. The van der Waals surface area contributed by atoms with Crippen molar-refractivity contribution in [1.82, 2.24) is 0 Å². The lowest BCUT2D eigenvalue weighted by molar-refractivity contribution is -0.944. The van der Waals surface area contributed by atoms with Crippen LogP contribution in [0.3, 0.4) is 0 Å². The third kappa shape index (κ3) is 10.7. The van der Waals surface area contributed by atoms with Crippen LogP contribution >= 0.6 is 0 Å². The first-order valence-corrected chi connectivity index (χ1v) is 18.5. The molecule has 0 spiro atoms. The van der Waals surface area contributed by atoms with E-state index in [1.54, 1.807) is 28.4 Å². The summed E-state index contributed by atoms with van der Waals surface area (Å²) in [5, 5.41) is 0. The monoisotopic (exact) mass is 712 g/mol. The second kappa shape index (κ2) is 17.6. The molecule has 280 valence electrons. The van der Waals surface area contributed by atoms with Gasteiger partial charge in [0.25, 0.3) is 0 Å². The summed E-state index contributed by atoms with van der Waals surface area (Å²) >= 11 is 0. The van der Waals surface area contributed by atoms with Crippen molar-refractivity contribution in [2.75, 3.05) is 55.6 Å². The quantitative estimate of drug-likeness (QED) is 0.0911. The first kappa shape index (κ1) is 39.1. The molecule has 1 saturated heterocycles. The largest absolute Gasteiger partial charge is 0.497 e. The van der Waals surface area contributed by atoms with E-state index in [4.69, 9.17) is 28.4 Å². The number of ether oxygens (including phenoxy) is 6. The molecule has 52 heavy (non-hydrogen) atoms. The highest BCUT2D eigenvalue weighted by atomic mass is 16.8. The molecule has 1 fully saturated rings. The Morgan fingerprint density at radius 2 is 0.769 bits per heavy atom. The molecule has 8 heteroatoms. The van der Waals surface area contributed by atoms with Gasteiger partial charge >= 0.3 is 0 Å². The SMILES string of the molecule is CCCCC1(C)O[C@@H](C[N+](C)(Cc2ccc(OC)cc2)Cc2ccc(OC)cc2)[C@H](C[N+](C)(Cc2ccc(OC)cc2)Cc2ccc(OC)cc2)O1. The van der Waals surface area contributed by atoms with Gasteiger partial charge in [-0.15, -0.1) is 0 Å². The summed E-state index contributed by atoms with van der Waals surface area (Å²) in [5.41, 5.74) is 5.00. The topological polar surface area (TPSA) is 55.4 Å². The van der Waals surface area contributed by atoms with Crippen molar-refractivity contribution < 1.29 is 37.4 Å². The van der Waals surface area contributed by atoms with Gasteiger partial charge in [0, 0.05) is 28.7 Å². The summed E-state index contributed by atoms with van der Waals surface area (Å²) in [6.45, 7) is 9.27. The van der Waals surface area contributed by atoms with Crippen molar-refractivity contribution in [1.29, 1.82) is 0 Å². The molecule has 2 atom stereocenters. The van der Waals surface area contributed by atoms with Crippen LogP contribution in [0.5, 0.6) is 23.0 Å². The number of hydrogen-bond acceptors (Lipinski definition) is 6. The summed E-state index contributed by atoms with van der Waals surface area (Å²) < 4.78 is 37.6. The molecule has 8 nitrogen and oxygen atoms in total. The third-order valence-electron chi connectivity index (χ3n) is 10.3. The Labute approximate surface area is 312 Å². The van der Waals surface area contributed by atoms with Gasteiger partial charge < -0.3 is 37.4 Å². The lowest BCUT2D eigenvalue weighted by Crippen LogP contribution is -2.54. The van der Waals surface area contributed by atoms with Crippen LogP contribution < -0.4 is 18.9 Å². The molecule has 4 aromatic rings. The van der Waals surface area contributed by atoms with Gasteiger partial charge in [-0.3, -0.25) is 0 Å². The van der Waals surface area contributed by atoms with Crippen molar-refractivity contribution >= 4 is 0 Å². The minimum Gasteiger partial charge on any atom is -0.497 e. The number of benzene rings is 4. The molecule has 0 saturated carbocycles. The third-order valence-corrected chi connectivity index (χ3v) is 10.3. The van der Waals surface area contributed by atoms with E-state index < -0.39 is 5.79 Å². The molecular formula is C44H60N2O6+2. The molecule has 1 aliphatic heterocycles. The van der Waals surface area contributed by atoms with E-state index in [9.17, 15) is 0 Å². The van der Waals surface area contributed by atoms with Crippen molar-refractivity contribution in [2.45, 2.75) is 77.3 Å². The van der Waals surface area contributed by atoms with Crippen molar-refractivity contribution in [3.63, 3.8) is 0 Å². The van der Waals surface area contributed by atoms with Gasteiger partial charge in [0.2, 0.25) is 0 Å². The predicted octanol–water partition coefficient (Wildman–Crippen LogP) is 8.41. The van der Waals surface area contributed by atoms with Crippen LogP contribution in [0.4, 0.5) is 0 Å². The molecule has 0 bridgehead atoms. The van der Waals surface area contributed by atoms with E-state index in [1.807, 2.05) is 48.5 Å². The maximum absolute atomic E-state index is 7.09. The average Bonchev–Trinajstić information content (AvgIpc) is 3.44. The second-order valence-electron chi connectivity index (χ2n) is 15.2. The summed E-state index contributed by atoms with van der Waals surface area (Å²) in [4.78, 5) is 0. The summed E-state index contributed by atoms with van der Waals surface area (Å²) in [5.74, 6) is 2.79. The van der Waals surface area contributed by atoms with Gasteiger partial charge in [-0.1, -0.05) is 13.3 Å². The number of methoxy groups -OCH3 is 4. The van der Waals surface area contributed by atoms with Gasteiger partial charge in [0.1, 0.15) is 74.5 Å². The highest BCUT2D eigenvalue weighted by molar-refractivity contribution is 5.29. The molecule has 4 aromatic carbocycles. The highest BCUT2D eigenvalue weighted by Crippen LogP contribution is 2.37. The van der Waals surface area contributed by atoms with Gasteiger partial charge in [-0.25, -0.2) is 0 Å². The summed E-state index contributed by atoms with van der Waals surface area (Å²) in [6, 6.07) is 33.8. The number of rotatable bonds is 19. The molecule has 0 N–H and O–H groups in total. The second-order valence-corrected chi connectivity index (χ2v) is 15.2. The van der Waals surface area contributed by atoms with Gasteiger partial charge in [-0.2, -0.15) is 0 Å². The Morgan fingerprint density at radius 1 is 0.500 bits per heavy atom. The minimum absolute atomic E-state index is 0.118. The lowest BCUT2D eigenvalue weighted by atomic mass is 10.0. The number of unbranched alkanes of at least 4 members (excludes halogenated alkanes) is 1. The molecule has 1 heterocycles. The zero-order valence-corrected chi connectivity index (χ0v) is 32.6. The Morgan fingerprint density at radius 3 is 1.00 bits per heavy atom. The fourth-order valence-corrected chi connectivity index (χ4v) is 7.67. The smallest absolute Gasteiger partial charge is 0.167 e. The first-order valence-electron chi connectivity index (χ1n) is 18.5. The van der Waals surface area contributed by atoms with Crippen molar-refractivity contribution in [2.24, 2.45) is 0 Å². The predicted molar refractivity (Wildman–Crippen MR) is 207 cm³/mol. The number of likely N-dealkylation sites (N-methyl/N-ethyl adjacent to an activating group) is 2. The molecule has 1 aliphatic rings. The van der Waals surface area contributed by atoms with Gasteiger partial charge in [0.05, 0.1) is 42.5 Å². The molecular weight excluding hydrogens is 652 g/mol. The van der Waals surface area contributed by atoms with E-state index in [1.165, 1.54) is 22.3 Å². The Hall–Kier alpha value is -4.08. The van der Waals surface area contributed by atoms with Crippen LogP contribution in [0.2, 0.25) is 0 Å². The van der Waals surface area contributed by atoms with Crippen LogP contribution in [0.15, 0.2) is 97.1 Å². The number of quaternary nitrogens is 2. The fourth-order valence-electron chi connectivity index (χ4n) is 7.67. The van der Waals surface area contributed by atoms with E-state index in [0.717, 1.165) is 90.5 Å². The van der Waals surface area contributed by atoms with Gasteiger partial charge in [0.15, 0.2) is 5.79 Å². The van der Waals surface area contributed by atoms with Crippen LogP contribution in [0.1, 0.15) is 55.4 Å². The average molecular weight is 713 g/mol. The molecule has 0 aliphatic carbocycles. The Bertz CT molecular complexity index is 1440.